The first-order valence-corrected chi connectivity index (χ1v) is 8.96. The molecule has 0 radical (unpaired) electrons. The average molecular weight is 370 g/mol. The zero-order chi connectivity index (χ0) is 19.4. The molecule has 0 spiro atoms. The Morgan fingerprint density at radius 3 is 2.74 bits per heavy atom. The van der Waals surface area contributed by atoms with Crippen LogP contribution in [0.15, 0.2) is 36.4 Å². The summed E-state index contributed by atoms with van der Waals surface area (Å²) in [5.74, 6) is 1.74. The standard InChI is InChI=1S/C21H26N2O4/c1-23(2)17(14-8-9-18-15(12-14)10-11-27-18)13-22-21(24)16-6-5-7-19(25-3)20(16)26-4/h5-9,12,17H,10-11,13H2,1-4H3,(H,22,24). The van der Waals surface area contributed by atoms with Gasteiger partial charge in [0.05, 0.1) is 32.4 Å². The first-order valence-electron chi connectivity index (χ1n) is 8.96. The minimum atomic E-state index is -0.193. The van der Waals surface area contributed by atoms with Crippen molar-refractivity contribution < 1.29 is 19.0 Å². The zero-order valence-electron chi connectivity index (χ0n) is 16.2. The van der Waals surface area contributed by atoms with Crippen LogP contribution in [0.1, 0.15) is 27.5 Å². The van der Waals surface area contributed by atoms with Crippen molar-refractivity contribution in [2.75, 3.05) is 41.5 Å². The number of carbonyl (C=O) groups excluding carboxylic acids is 1. The van der Waals surface area contributed by atoms with Crippen LogP contribution in [0.4, 0.5) is 0 Å². The molecular weight excluding hydrogens is 344 g/mol. The van der Waals surface area contributed by atoms with Gasteiger partial charge in [0.2, 0.25) is 0 Å². The lowest BCUT2D eigenvalue weighted by Gasteiger charge is -2.25. The third-order valence-corrected chi connectivity index (χ3v) is 4.83. The van der Waals surface area contributed by atoms with Crippen molar-refractivity contribution in [2.24, 2.45) is 0 Å². The highest BCUT2D eigenvalue weighted by Crippen LogP contribution is 2.31. The molecule has 0 aliphatic carbocycles. The van der Waals surface area contributed by atoms with E-state index in [-0.39, 0.29) is 11.9 Å². The highest BCUT2D eigenvalue weighted by atomic mass is 16.5. The van der Waals surface area contributed by atoms with Crippen LogP contribution in [0, 0.1) is 0 Å². The summed E-state index contributed by atoms with van der Waals surface area (Å²) in [6, 6.07) is 11.6. The molecule has 0 bridgehead atoms. The quantitative estimate of drug-likeness (QED) is 0.812. The van der Waals surface area contributed by atoms with Crippen LogP contribution in [-0.2, 0) is 6.42 Å². The van der Waals surface area contributed by atoms with Gasteiger partial charge < -0.3 is 24.4 Å². The summed E-state index contributed by atoms with van der Waals surface area (Å²) in [6.45, 7) is 1.21. The summed E-state index contributed by atoms with van der Waals surface area (Å²) in [5.41, 5.74) is 2.83. The fraction of sp³-hybridized carbons (Fsp3) is 0.381. The van der Waals surface area contributed by atoms with Gasteiger partial charge in [0.15, 0.2) is 11.5 Å². The number of rotatable bonds is 7. The van der Waals surface area contributed by atoms with Crippen molar-refractivity contribution in [3.05, 3.63) is 53.1 Å². The van der Waals surface area contributed by atoms with Gasteiger partial charge in [-0.05, 0) is 43.4 Å². The minimum Gasteiger partial charge on any atom is -0.493 e. The maximum atomic E-state index is 12.8. The summed E-state index contributed by atoms with van der Waals surface area (Å²) < 4.78 is 16.2. The number of nitrogens with one attached hydrogen (secondary N) is 1. The molecule has 1 aliphatic rings. The van der Waals surface area contributed by atoms with Crippen LogP contribution in [0.25, 0.3) is 0 Å². The summed E-state index contributed by atoms with van der Waals surface area (Å²) in [7, 11) is 7.10. The molecule has 0 saturated heterocycles. The van der Waals surface area contributed by atoms with Crippen LogP contribution in [-0.4, -0.2) is 52.3 Å². The van der Waals surface area contributed by atoms with Gasteiger partial charge in [-0.25, -0.2) is 0 Å². The van der Waals surface area contributed by atoms with Crippen LogP contribution in [0.2, 0.25) is 0 Å². The lowest BCUT2D eigenvalue weighted by molar-refractivity contribution is 0.0938. The second-order valence-electron chi connectivity index (χ2n) is 6.70. The van der Waals surface area contributed by atoms with Crippen molar-refractivity contribution in [1.82, 2.24) is 10.2 Å². The van der Waals surface area contributed by atoms with Crippen molar-refractivity contribution in [2.45, 2.75) is 12.5 Å². The number of ether oxygens (including phenoxy) is 3. The van der Waals surface area contributed by atoms with Crippen molar-refractivity contribution in [3.63, 3.8) is 0 Å². The maximum absolute atomic E-state index is 12.8. The molecular formula is C21H26N2O4. The molecule has 0 aromatic heterocycles. The normalized spacial score (nSPS) is 13.7. The summed E-state index contributed by atoms with van der Waals surface area (Å²) >= 11 is 0. The van der Waals surface area contributed by atoms with Gasteiger partial charge in [-0.15, -0.1) is 0 Å². The fourth-order valence-corrected chi connectivity index (χ4v) is 3.36. The Kier molecular flexibility index (Phi) is 5.86. The van der Waals surface area contributed by atoms with E-state index in [4.69, 9.17) is 14.2 Å². The smallest absolute Gasteiger partial charge is 0.255 e. The van der Waals surface area contributed by atoms with E-state index < -0.39 is 0 Å². The van der Waals surface area contributed by atoms with Gasteiger partial charge >= 0.3 is 0 Å². The third-order valence-electron chi connectivity index (χ3n) is 4.83. The molecule has 1 N–H and O–H groups in total. The van der Waals surface area contributed by atoms with Crippen LogP contribution in [0.5, 0.6) is 17.2 Å². The molecule has 1 heterocycles. The van der Waals surface area contributed by atoms with Gasteiger partial charge in [0.25, 0.3) is 5.91 Å². The van der Waals surface area contributed by atoms with Gasteiger partial charge in [-0.2, -0.15) is 0 Å². The zero-order valence-corrected chi connectivity index (χ0v) is 16.2. The second kappa shape index (κ2) is 8.31. The van der Waals surface area contributed by atoms with Crippen molar-refractivity contribution in [1.29, 1.82) is 0 Å². The van der Waals surface area contributed by atoms with E-state index in [9.17, 15) is 4.79 Å². The molecule has 1 aliphatic heterocycles. The lowest BCUT2D eigenvalue weighted by Crippen LogP contribution is -2.34. The van der Waals surface area contributed by atoms with Gasteiger partial charge in [-0.3, -0.25) is 4.79 Å². The predicted molar refractivity (Wildman–Crippen MR) is 104 cm³/mol. The first-order chi connectivity index (χ1) is 13.0. The number of methoxy groups -OCH3 is 2. The number of amides is 1. The Morgan fingerprint density at radius 1 is 1.22 bits per heavy atom. The number of nitrogens with zero attached hydrogens (tertiary/aromatic N) is 1. The summed E-state index contributed by atoms with van der Waals surface area (Å²) in [6.07, 6.45) is 0.927. The predicted octanol–water partition coefficient (Wildman–Crippen LogP) is 2.67. The van der Waals surface area contributed by atoms with E-state index in [1.807, 2.05) is 20.2 Å². The molecule has 0 saturated carbocycles. The van der Waals surface area contributed by atoms with E-state index in [1.165, 1.54) is 12.7 Å². The number of likely N-dealkylation sites (N-methyl/N-ethyl adjacent to an activating group) is 1. The number of para-hydroxylation sites is 1. The Morgan fingerprint density at radius 2 is 2.04 bits per heavy atom. The monoisotopic (exact) mass is 370 g/mol. The Balaban J connectivity index is 1.76. The molecule has 1 atom stereocenters. The molecule has 0 fully saturated rings. The van der Waals surface area contributed by atoms with Crippen LogP contribution in [0.3, 0.4) is 0 Å². The molecule has 144 valence electrons. The second-order valence-corrected chi connectivity index (χ2v) is 6.70. The first kappa shape index (κ1) is 19.0. The van der Waals surface area contributed by atoms with E-state index >= 15 is 0 Å². The maximum Gasteiger partial charge on any atom is 0.255 e. The molecule has 2 aromatic carbocycles. The van der Waals surface area contributed by atoms with Gasteiger partial charge in [0, 0.05) is 13.0 Å². The van der Waals surface area contributed by atoms with Crippen LogP contribution >= 0.6 is 0 Å². The largest absolute Gasteiger partial charge is 0.493 e. The highest BCUT2D eigenvalue weighted by molar-refractivity contribution is 5.97. The Bertz CT molecular complexity index is 820. The summed E-state index contributed by atoms with van der Waals surface area (Å²) in [5, 5.41) is 3.03. The number of hydrogen-bond donors (Lipinski definition) is 1. The van der Waals surface area contributed by atoms with E-state index in [1.54, 1.807) is 25.3 Å². The van der Waals surface area contributed by atoms with Gasteiger partial charge in [-0.1, -0.05) is 18.2 Å². The minimum absolute atomic E-state index is 0.0523. The number of benzene rings is 2. The molecule has 27 heavy (non-hydrogen) atoms. The number of hydrogen-bond acceptors (Lipinski definition) is 5. The molecule has 6 nitrogen and oxygen atoms in total. The number of fused-ring (bicyclic) bond motifs is 1. The lowest BCUT2D eigenvalue weighted by atomic mass is 10.0. The third kappa shape index (κ3) is 4.01. The van der Waals surface area contributed by atoms with E-state index in [0.29, 0.717) is 23.6 Å². The molecule has 1 amide bonds. The van der Waals surface area contributed by atoms with Gasteiger partial charge in [0.1, 0.15) is 5.75 Å². The molecule has 1 unspecified atom stereocenters. The fourth-order valence-electron chi connectivity index (χ4n) is 3.36. The molecule has 2 aromatic rings. The average Bonchev–Trinajstić information content (AvgIpc) is 3.14. The molecule has 3 rings (SSSR count). The SMILES string of the molecule is COc1cccc(C(=O)NCC(c2ccc3c(c2)CCO3)N(C)C)c1OC. The topological polar surface area (TPSA) is 60.0 Å². The summed E-state index contributed by atoms with van der Waals surface area (Å²) in [4.78, 5) is 14.9. The van der Waals surface area contributed by atoms with Crippen LogP contribution < -0.4 is 19.5 Å². The Hall–Kier alpha value is -2.73. The highest BCUT2D eigenvalue weighted by Gasteiger charge is 2.21. The Labute approximate surface area is 160 Å². The molecule has 6 heteroatoms. The van der Waals surface area contributed by atoms with Crippen molar-refractivity contribution in [3.8, 4) is 17.2 Å². The van der Waals surface area contributed by atoms with Crippen molar-refractivity contribution >= 4 is 5.91 Å². The van der Waals surface area contributed by atoms with E-state index in [2.05, 4.69) is 22.3 Å². The van der Waals surface area contributed by atoms with E-state index in [0.717, 1.165) is 24.3 Å². The number of carbonyl (C=O) groups is 1.